The molecule has 2 atom stereocenters. The number of carbonyl (C=O) groups is 2. The second kappa shape index (κ2) is 9.52. The number of aromatic nitrogens is 3. The summed E-state index contributed by atoms with van der Waals surface area (Å²) >= 11 is 0. The molecule has 4 aromatic rings. The van der Waals surface area contributed by atoms with E-state index in [1.807, 2.05) is 0 Å². The third-order valence-electron chi connectivity index (χ3n) is 5.46. The molecule has 2 heterocycles. The number of amides is 1. The Hall–Kier alpha value is -4.29. The van der Waals surface area contributed by atoms with Crippen molar-refractivity contribution in [3.05, 3.63) is 58.1 Å². The summed E-state index contributed by atoms with van der Waals surface area (Å²) in [5, 5.41) is 30.7. The second-order valence-corrected chi connectivity index (χ2v) is 8.07. The molecule has 35 heavy (non-hydrogen) atoms. The summed E-state index contributed by atoms with van der Waals surface area (Å²) in [6, 6.07) is 8.74. The van der Waals surface area contributed by atoms with Crippen LogP contribution in [0.4, 0.5) is 10.1 Å². The molecule has 12 heteroatoms. The molecule has 0 saturated carbocycles. The number of H-pyrrole nitrogens is 2. The van der Waals surface area contributed by atoms with Gasteiger partial charge in [-0.15, -0.1) is 0 Å². The first kappa shape index (κ1) is 23.9. The lowest BCUT2D eigenvalue weighted by atomic mass is 10.1. The van der Waals surface area contributed by atoms with Crippen LogP contribution in [-0.2, 0) is 4.79 Å². The molecule has 8 N–H and O–H groups in total. The number of imidazole rings is 1. The molecule has 0 fully saturated rings. The van der Waals surface area contributed by atoms with E-state index in [9.17, 15) is 29.0 Å². The number of nitrogens with two attached hydrogens (primary N) is 1. The largest absolute Gasteiger partial charge is 0.481 e. The van der Waals surface area contributed by atoms with Crippen LogP contribution in [0.25, 0.3) is 33.3 Å². The number of benzene rings is 2. The first-order valence-electron chi connectivity index (χ1n) is 10.6. The van der Waals surface area contributed by atoms with Gasteiger partial charge in [0.05, 0.1) is 46.3 Å². The number of aliphatic hydroxyl groups excluding tert-OH is 2. The van der Waals surface area contributed by atoms with Crippen molar-refractivity contribution in [3.8, 4) is 11.4 Å². The molecule has 2 aromatic heterocycles. The van der Waals surface area contributed by atoms with Crippen LogP contribution in [0.3, 0.4) is 0 Å². The van der Waals surface area contributed by atoms with Gasteiger partial charge in [-0.25, -0.2) is 9.37 Å². The standard InChI is InChI=1S/C23H22FN5O6/c24-13-2-1-3-15-18(13)20(25)19(23(35)29-15)21-27-14-5-4-10(6-16(14)28-21)22(34)26-9-12(31)7-11(30)8-17(32)33/h1-6,11-12,30-31H,7-9H2,(H,26,34)(H,27,28)(H,32,33)(H3,25,29,35)/t11-,12+/m1/s1. The van der Waals surface area contributed by atoms with Crippen LogP contribution in [0.2, 0.25) is 0 Å². The van der Waals surface area contributed by atoms with Gasteiger partial charge in [-0.2, -0.15) is 0 Å². The molecular formula is C23H22FN5O6. The molecule has 0 aliphatic heterocycles. The Balaban J connectivity index is 1.55. The van der Waals surface area contributed by atoms with E-state index in [2.05, 4.69) is 20.3 Å². The third kappa shape index (κ3) is 4.98. The molecule has 0 radical (unpaired) electrons. The number of aromatic amines is 2. The molecule has 0 saturated heterocycles. The van der Waals surface area contributed by atoms with Crippen molar-refractivity contribution in [2.45, 2.75) is 25.0 Å². The maximum atomic E-state index is 14.3. The fourth-order valence-corrected chi connectivity index (χ4v) is 3.83. The Labute approximate surface area is 196 Å². The first-order chi connectivity index (χ1) is 16.6. The number of nitrogen functional groups attached to an aromatic ring is 1. The number of pyridine rings is 1. The summed E-state index contributed by atoms with van der Waals surface area (Å²) in [5.74, 6) is -2.21. The number of rotatable bonds is 8. The number of hydrogen-bond acceptors (Lipinski definition) is 7. The minimum Gasteiger partial charge on any atom is -0.481 e. The van der Waals surface area contributed by atoms with Gasteiger partial charge in [0.25, 0.3) is 11.5 Å². The summed E-state index contributed by atoms with van der Waals surface area (Å²) in [4.78, 5) is 45.6. The number of nitrogens with one attached hydrogen (secondary N) is 3. The molecule has 0 bridgehead atoms. The predicted molar refractivity (Wildman–Crippen MR) is 125 cm³/mol. The fourth-order valence-electron chi connectivity index (χ4n) is 3.83. The van der Waals surface area contributed by atoms with Gasteiger partial charge < -0.3 is 36.3 Å². The van der Waals surface area contributed by atoms with Crippen molar-refractivity contribution in [2.24, 2.45) is 0 Å². The zero-order valence-electron chi connectivity index (χ0n) is 18.2. The van der Waals surface area contributed by atoms with Gasteiger partial charge >= 0.3 is 5.97 Å². The van der Waals surface area contributed by atoms with Crippen LogP contribution in [0.5, 0.6) is 0 Å². The lowest BCUT2D eigenvalue weighted by Gasteiger charge is -2.15. The zero-order chi connectivity index (χ0) is 25.3. The van der Waals surface area contributed by atoms with Gasteiger partial charge in [0.1, 0.15) is 17.2 Å². The summed E-state index contributed by atoms with van der Waals surface area (Å²) < 4.78 is 14.3. The number of carboxylic acid groups (broad SMARTS) is 1. The van der Waals surface area contributed by atoms with E-state index >= 15 is 0 Å². The highest BCUT2D eigenvalue weighted by molar-refractivity contribution is 6.00. The smallest absolute Gasteiger partial charge is 0.305 e. The van der Waals surface area contributed by atoms with E-state index in [-0.39, 0.29) is 46.5 Å². The second-order valence-electron chi connectivity index (χ2n) is 8.07. The van der Waals surface area contributed by atoms with E-state index < -0.39 is 41.9 Å². The number of anilines is 1. The SMILES string of the molecule is Nc1c(-c2nc3ccc(C(=O)NC[C@@H](O)C[C@@H](O)CC(=O)O)cc3[nH]2)c(=O)[nH]c2cccc(F)c12. The number of hydrogen-bond donors (Lipinski definition) is 7. The molecular weight excluding hydrogens is 461 g/mol. The fraction of sp³-hybridized carbons (Fsp3) is 0.217. The Bertz CT molecular complexity index is 1500. The number of aliphatic hydroxyl groups is 2. The number of nitrogens with zero attached hydrogens (tertiary/aromatic N) is 1. The Morgan fingerprint density at radius 1 is 1.11 bits per heavy atom. The molecule has 0 aliphatic rings. The lowest BCUT2D eigenvalue weighted by molar-refractivity contribution is -0.139. The van der Waals surface area contributed by atoms with E-state index in [0.29, 0.717) is 11.0 Å². The third-order valence-corrected chi connectivity index (χ3v) is 5.46. The maximum Gasteiger partial charge on any atom is 0.305 e. The maximum absolute atomic E-state index is 14.3. The topological polar surface area (TPSA) is 194 Å². The lowest BCUT2D eigenvalue weighted by Crippen LogP contribution is -2.34. The molecule has 0 aliphatic carbocycles. The van der Waals surface area contributed by atoms with Crippen LogP contribution < -0.4 is 16.6 Å². The highest BCUT2D eigenvalue weighted by Crippen LogP contribution is 2.30. The van der Waals surface area contributed by atoms with Crippen LogP contribution in [0.1, 0.15) is 23.2 Å². The molecule has 11 nitrogen and oxygen atoms in total. The quantitative estimate of drug-likeness (QED) is 0.193. The van der Waals surface area contributed by atoms with Crippen LogP contribution >= 0.6 is 0 Å². The summed E-state index contributed by atoms with van der Waals surface area (Å²) in [5.41, 5.74) is 6.78. The minimum atomic E-state index is -1.24. The summed E-state index contributed by atoms with van der Waals surface area (Å²) in [6.45, 7) is -0.198. The first-order valence-corrected chi connectivity index (χ1v) is 10.6. The number of carboxylic acids is 1. The van der Waals surface area contributed by atoms with Crippen molar-refractivity contribution in [1.29, 1.82) is 0 Å². The monoisotopic (exact) mass is 483 g/mol. The van der Waals surface area contributed by atoms with Crippen LogP contribution in [0.15, 0.2) is 41.2 Å². The molecule has 0 spiro atoms. The molecule has 182 valence electrons. The number of fused-ring (bicyclic) bond motifs is 2. The van der Waals surface area contributed by atoms with Gasteiger partial charge in [0, 0.05) is 18.5 Å². The van der Waals surface area contributed by atoms with Crippen LogP contribution in [-0.4, -0.2) is 60.9 Å². The molecule has 4 rings (SSSR count). The highest BCUT2D eigenvalue weighted by atomic mass is 19.1. The number of aliphatic carboxylic acids is 1. The van der Waals surface area contributed by atoms with E-state index in [0.717, 1.165) is 0 Å². The van der Waals surface area contributed by atoms with Crippen molar-refractivity contribution in [3.63, 3.8) is 0 Å². The minimum absolute atomic E-state index is 0.0344. The zero-order valence-corrected chi connectivity index (χ0v) is 18.2. The van der Waals surface area contributed by atoms with Gasteiger partial charge in [0.2, 0.25) is 0 Å². The predicted octanol–water partition coefficient (Wildman–Crippen LogP) is 1.11. The highest BCUT2D eigenvalue weighted by Gasteiger charge is 2.19. The average molecular weight is 483 g/mol. The molecule has 2 aromatic carbocycles. The van der Waals surface area contributed by atoms with Crippen molar-refractivity contribution < 1.29 is 29.3 Å². The van der Waals surface area contributed by atoms with Crippen molar-refractivity contribution >= 4 is 39.5 Å². The summed E-state index contributed by atoms with van der Waals surface area (Å²) in [6.07, 6.45) is -3.10. The van der Waals surface area contributed by atoms with Gasteiger partial charge in [-0.1, -0.05) is 6.07 Å². The molecule has 0 unspecified atom stereocenters. The van der Waals surface area contributed by atoms with Gasteiger partial charge in [0.15, 0.2) is 0 Å². The van der Waals surface area contributed by atoms with Gasteiger partial charge in [-0.3, -0.25) is 14.4 Å². The number of carbonyl (C=O) groups excluding carboxylic acids is 1. The Morgan fingerprint density at radius 2 is 1.89 bits per heavy atom. The number of halogens is 1. The van der Waals surface area contributed by atoms with E-state index in [4.69, 9.17) is 10.8 Å². The average Bonchev–Trinajstić information content (AvgIpc) is 3.19. The van der Waals surface area contributed by atoms with E-state index in [1.54, 1.807) is 6.07 Å². The van der Waals surface area contributed by atoms with Gasteiger partial charge in [-0.05, 0) is 30.3 Å². The molecule has 1 amide bonds. The van der Waals surface area contributed by atoms with E-state index in [1.165, 1.54) is 30.3 Å². The summed E-state index contributed by atoms with van der Waals surface area (Å²) in [7, 11) is 0. The Kier molecular flexibility index (Phi) is 6.49. The normalized spacial score (nSPS) is 13.1. The van der Waals surface area contributed by atoms with Crippen molar-refractivity contribution in [1.82, 2.24) is 20.3 Å². The van der Waals surface area contributed by atoms with Crippen LogP contribution in [0, 0.1) is 5.82 Å². The Morgan fingerprint density at radius 3 is 2.63 bits per heavy atom. The van der Waals surface area contributed by atoms with Crippen molar-refractivity contribution in [2.75, 3.05) is 12.3 Å².